The molecule has 0 aliphatic heterocycles. The average molecular weight is 273 g/mol. The van der Waals surface area contributed by atoms with E-state index in [0.29, 0.717) is 0 Å². The maximum atomic E-state index is 11.4. The molecule has 0 saturated carbocycles. The Morgan fingerprint density at radius 2 is 1.81 bits per heavy atom. The van der Waals surface area contributed by atoms with E-state index in [1.165, 1.54) is 0 Å². The molecule has 0 aromatic heterocycles. The van der Waals surface area contributed by atoms with Crippen LogP contribution in [0, 0.1) is 5.41 Å². The predicted octanol–water partition coefficient (Wildman–Crippen LogP) is -0.0576. The third-order valence-corrected chi connectivity index (χ3v) is 2.93. The van der Waals surface area contributed by atoms with Crippen LogP contribution in [-0.4, -0.2) is 38.9 Å². The van der Waals surface area contributed by atoms with Crippen LogP contribution < -0.4 is 11.1 Å². The number of nitrogens with one attached hydrogen (secondary N) is 1. The molecule has 0 aliphatic rings. The third-order valence-electron chi connectivity index (χ3n) is 1.99. The van der Waals surface area contributed by atoms with Gasteiger partial charge in [0.1, 0.15) is 9.84 Å². The van der Waals surface area contributed by atoms with Crippen LogP contribution >= 0.6 is 12.4 Å². The Hall–Kier alpha value is -0.330. The minimum atomic E-state index is -3.04. The summed E-state index contributed by atoms with van der Waals surface area (Å²) in [6, 6.07) is -0.628. The minimum absolute atomic E-state index is 0. The molecule has 0 aliphatic carbocycles. The fraction of sp³-hybridized carbons (Fsp3) is 0.889. The predicted molar refractivity (Wildman–Crippen MR) is 67.4 cm³/mol. The summed E-state index contributed by atoms with van der Waals surface area (Å²) in [5.41, 5.74) is 5.36. The molecule has 5 nitrogen and oxygen atoms in total. The van der Waals surface area contributed by atoms with Crippen molar-refractivity contribution in [2.75, 3.05) is 18.6 Å². The lowest BCUT2D eigenvalue weighted by Crippen LogP contribution is -2.49. The maximum absolute atomic E-state index is 11.4. The molecule has 98 valence electrons. The van der Waals surface area contributed by atoms with Crippen LogP contribution in [0.25, 0.3) is 0 Å². The van der Waals surface area contributed by atoms with Gasteiger partial charge in [-0.25, -0.2) is 8.42 Å². The lowest BCUT2D eigenvalue weighted by molar-refractivity contribution is -0.124. The zero-order chi connectivity index (χ0) is 12.3. The smallest absolute Gasteiger partial charge is 0.237 e. The van der Waals surface area contributed by atoms with Crippen LogP contribution in [0.4, 0.5) is 0 Å². The maximum Gasteiger partial charge on any atom is 0.237 e. The Balaban J connectivity index is 0. The summed E-state index contributed by atoms with van der Waals surface area (Å²) in [5.74, 6) is -0.374. The zero-order valence-electron chi connectivity index (χ0n) is 10.1. The number of amides is 1. The number of carbonyl (C=O) groups is 1. The zero-order valence-corrected chi connectivity index (χ0v) is 11.7. The lowest BCUT2D eigenvalue weighted by atomic mass is 9.87. The second-order valence-corrected chi connectivity index (χ2v) is 7.02. The van der Waals surface area contributed by atoms with Crippen molar-refractivity contribution in [3.8, 4) is 0 Å². The van der Waals surface area contributed by atoms with Gasteiger partial charge in [0.25, 0.3) is 0 Å². The van der Waals surface area contributed by atoms with Crippen molar-refractivity contribution in [3.63, 3.8) is 0 Å². The fourth-order valence-electron chi connectivity index (χ4n) is 0.863. The first-order valence-corrected chi connectivity index (χ1v) is 6.81. The number of nitrogens with two attached hydrogens (primary N) is 1. The van der Waals surface area contributed by atoms with E-state index in [0.717, 1.165) is 6.26 Å². The van der Waals surface area contributed by atoms with Gasteiger partial charge < -0.3 is 11.1 Å². The summed E-state index contributed by atoms with van der Waals surface area (Å²) in [6.45, 7) is 5.68. The van der Waals surface area contributed by atoms with Crippen molar-refractivity contribution < 1.29 is 13.2 Å². The highest BCUT2D eigenvalue weighted by atomic mass is 35.5. The molecule has 0 radical (unpaired) electrons. The highest BCUT2D eigenvalue weighted by Gasteiger charge is 2.27. The Bertz CT molecular complexity index is 322. The molecule has 1 amide bonds. The molecule has 0 fully saturated rings. The van der Waals surface area contributed by atoms with Gasteiger partial charge in [-0.05, 0) is 5.41 Å². The normalized spacial score (nSPS) is 13.8. The molecule has 0 aromatic rings. The van der Waals surface area contributed by atoms with Crippen molar-refractivity contribution in [2.45, 2.75) is 26.8 Å². The van der Waals surface area contributed by atoms with E-state index in [2.05, 4.69) is 5.32 Å². The number of carbonyl (C=O) groups excluding carboxylic acids is 1. The Labute approximate surface area is 103 Å². The Kier molecular flexibility index (Phi) is 7.24. The molecule has 0 unspecified atom stereocenters. The molecular formula is C9H21ClN2O3S. The Morgan fingerprint density at radius 1 is 1.38 bits per heavy atom. The monoisotopic (exact) mass is 272 g/mol. The van der Waals surface area contributed by atoms with Gasteiger partial charge in [-0.1, -0.05) is 20.8 Å². The Morgan fingerprint density at radius 3 is 2.12 bits per heavy atom. The van der Waals surface area contributed by atoms with Gasteiger partial charge in [0, 0.05) is 12.8 Å². The summed E-state index contributed by atoms with van der Waals surface area (Å²) in [6.07, 6.45) is 1.13. The number of hydrogen-bond donors (Lipinski definition) is 2. The van der Waals surface area contributed by atoms with Crippen molar-refractivity contribution in [1.82, 2.24) is 5.32 Å². The minimum Gasteiger partial charge on any atom is -0.354 e. The van der Waals surface area contributed by atoms with E-state index in [1.54, 1.807) is 0 Å². The average Bonchev–Trinajstić information content (AvgIpc) is 1.98. The van der Waals surface area contributed by atoms with Crippen LogP contribution in [-0.2, 0) is 14.6 Å². The van der Waals surface area contributed by atoms with E-state index in [9.17, 15) is 13.2 Å². The van der Waals surface area contributed by atoms with Gasteiger partial charge >= 0.3 is 0 Å². The van der Waals surface area contributed by atoms with Gasteiger partial charge in [0.15, 0.2) is 0 Å². The van der Waals surface area contributed by atoms with Crippen LogP contribution in [0.15, 0.2) is 0 Å². The van der Waals surface area contributed by atoms with Gasteiger partial charge in [0.05, 0.1) is 11.8 Å². The van der Waals surface area contributed by atoms with Crippen molar-refractivity contribution in [2.24, 2.45) is 11.1 Å². The molecule has 3 N–H and O–H groups in total. The molecule has 0 heterocycles. The first-order valence-electron chi connectivity index (χ1n) is 4.75. The molecule has 0 bridgehead atoms. The summed E-state index contributed by atoms with van der Waals surface area (Å²) < 4.78 is 21.6. The summed E-state index contributed by atoms with van der Waals surface area (Å²) in [4.78, 5) is 11.4. The van der Waals surface area contributed by atoms with Gasteiger partial charge in [-0.3, -0.25) is 4.79 Å². The molecule has 0 rings (SSSR count). The van der Waals surface area contributed by atoms with E-state index in [1.807, 2.05) is 20.8 Å². The van der Waals surface area contributed by atoms with Crippen LogP contribution in [0.5, 0.6) is 0 Å². The van der Waals surface area contributed by atoms with Crippen molar-refractivity contribution in [3.05, 3.63) is 0 Å². The van der Waals surface area contributed by atoms with E-state index >= 15 is 0 Å². The van der Waals surface area contributed by atoms with E-state index in [4.69, 9.17) is 5.73 Å². The quantitative estimate of drug-likeness (QED) is 0.750. The number of rotatable bonds is 4. The standard InChI is InChI=1S/C9H20N2O3S.ClH/c1-9(2,3)7(10)8(12)11-5-6-15(4,13)14;/h7H,5-6,10H2,1-4H3,(H,11,12);1H/t7-;/m1./s1. The summed E-state index contributed by atoms with van der Waals surface area (Å²) >= 11 is 0. The highest BCUT2D eigenvalue weighted by Crippen LogP contribution is 2.16. The number of hydrogen-bond acceptors (Lipinski definition) is 4. The topological polar surface area (TPSA) is 89.3 Å². The van der Waals surface area contributed by atoms with Gasteiger partial charge in [-0.2, -0.15) is 0 Å². The van der Waals surface area contributed by atoms with Gasteiger partial charge in [-0.15, -0.1) is 12.4 Å². The van der Waals surface area contributed by atoms with Crippen LogP contribution in [0.3, 0.4) is 0 Å². The van der Waals surface area contributed by atoms with E-state index < -0.39 is 15.9 Å². The number of halogens is 1. The second kappa shape index (κ2) is 6.42. The fourth-order valence-corrected chi connectivity index (χ4v) is 1.34. The largest absolute Gasteiger partial charge is 0.354 e. The summed E-state index contributed by atoms with van der Waals surface area (Å²) in [5, 5.41) is 2.50. The number of sulfone groups is 1. The first kappa shape index (κ1) is 18.0. The third kappa shape index (κ3) is 7.90. The molecule has 0 saturated heterocycles. The first-order chi connectivity index (χ1) is 6.54. The molecule has 0 spiro atoms. The van der Waals surface area contributed by atoms with Crippen molar-refractivity contribution >= 4 is 28.2 Å². The second-order valence-electron chi connectivity index (χ2n) is 4.76. The van der Waals surface area contributed by atoms with Crippen LogP contribution in [0.2, 0.25) is 0 Å². The molecular weight excluding hydrogens is 252 g/mol. The van der Waals surface area contributed by atoms with Crippen molar-refractivity contribution in [1.29, 1.82) is 0 Å². The highest BCUT2D eigenvalue weighted by molar-refractivity contribution is 7.90. The van der Waals surface area contributed by atoms with E-state index in [-0.39, 0.29) is 36.0 Å². The lowest BCUT2D eigenvalue weighted by Gasteiger charge is -2.25. The molecule has 7 heteroatoms. The van der Waals surface area contributed by atoms with Crippen LogP contribution in [0.1, 0.15) is 20.8 Å². The summed E-state index contributed by atoms with van der Waals surface area (Å²) in [7, 11) is -3.04. The van der Waals surface area contributed by atoms with Gasteiger partial charge in [0.2, 0.25) is 5.91 Å². The molecule has 0 aromatic carbocycles. The SMILES string of the molecule is CC(C)(C)[C@H](N)C(=O)NCCS(C)(=O)=O.Cl. The molecule has 16 heavy (non-hydrogen) atoms. The molecule has 1 atom stereocenters.